The van der Waals surface area contributed by atoms with Crippen molar-refractivity contribution in [3.63, 3.8) is 0 Å². The second-order valence-corrected chi connectivity index (χ2v) is 7.45. The van der Waals surface area contributed by atoms with Crippen molar-refractivity contribution in [3.8, 4) is 0 Å². The van der Waals surface area contributed by atoms with E-state index in [0.29, 0.717) is 22.8 Å². The van der Waals surface area contributed by atoms with Crippen molar-refractivity contribution in [2.75, 3.05) is 11.9 Å². The lowest BCUT2D eigenvalue weighted by molar-refractivity contribution is -0.142. The minimum Gasteiger partial charge on any atom is -0.323 e. The van der Waals surface area contributed by atoms with Crippen molar-refractivity contribution >= 4 is 35.0 Å². The Labute approximate surface area is 150 Å². The SMILES string of the molecule is CCCCN1C(=O)[C@@H]2C(C)NC3(C(=O)Nc4c(Cl)cccc43)[C@@H]2C1=O. The molecule has 0 aliphatic carbocycles. The van der Waals surface area contributed by atoms with Crippen LogP contribution in [0.1, 0.15) is 32.3 Å². The molecule has 6 nitrogen and oxygen atoms in total. The molecular formula is C18H20ClN3O3. The summed E-state index contributed by atoms with van der Waals surface area (Å²) in [5, 5.41) is 6.50. The van der Waals surface area contributed by atoms with Gasteiger partial charge in [-0.1, -0.05) is 37.1 Å². The molecule has 3 amide bonds. The van der Waals surface area contributed by atoms with E-state index >= 15 is 0 Å². The molecule has 2 saturated heterocycles. The van der Waals surface area contributed by atoms with Crippen LogP contribution in [0.25, 0.3) is 0 Å². The Morgan fingerprint density at radius 2 is 2.00 bits per heavy atom. The molecule has 132 valence electrons. The molecule has 1 spiro atoms. The summed E-state index contributed by atoms with van der Waals surface area (Å²) in [5.74, 6) is -2.01. The van der Waals surface area contributed by atoms with Crippen LogP contribution in [-0.2, 0) is 19.9 Å². The lowest BCUT2D eigenvalue weighted by atomic mass is 9.76. The molecule has 2 unspecified atom stereocenters. The summed E-state index contributed by atoms with van der Waals surface area (Å²) >= 11 is 6.23. The summed E-state index contributed by atoms with van der Waals surface area (Å²) in [4.78, 5) is 40.2. The highest BCUT2D eigenvalue weighted by molar-refractivity contribution is 6.35. The first-order valence-electron chi connectivity index (χ1n) is 8.66. The summed E-state index contributed by atoms with van der Waals surface area (Å²) in [5.41, 5.74) is -0.0394. The summed E-state index contributed by atoms with van der Waals surface area (Å²) in [6.45, 7) is 4.28. The Bertz CT molecular complexity index is 796. The van der Waals surface area contributed by atoms with Gasteiger partial charge in [-0.2, -0.15) is 0 Å². The molecule has 0 saturated carbocycles. The summed E-state index contributed by atoms with van der Waals surface area (Å²) in [6.07, 6.45) is 1.66. The molecule has 2 N–H and O–H groups in total. The van der Waals surface area contributed by atoms with Crippen LogP contribution in [-0.4, -0.2) is 35.2 Å². The minimum atomic E-state index is -1.22. The van der Waals surface area contributed by atoms with Gasteiger partial charge in [0.25, 0.3) is 0 Å². The number of carbonyl (C=O) groups excluding carboxylic acids is 3. The number of unbranched alkanes of at least 4 members (excludes halogenated alkanes) is 1. The molecule has 1 aromatic rings. The molecule has 4 rings (SSSR count). The van der Waals surface area contributed by atoms with E-state index in [-0.39, 0.29) is 23.8 Å². The number of nitrogens with zero attached hydrogens (tertiary/aromatic N) is 1. The van der Waals surface area contributed by atoms with Gasteiger partial charge >= 0.3 is 0 Å². The zero-order valence-corrected chi connectivity index (χ0v) is 14.9. The molecule has 0 radical (unpaired) electrons. The Balaban J connectivity index is 1.84. The maximum Gasteiger partial charge on any atom is 0.250 e. The van der Waals surface area contributed by atoms with Crippen molar-refractivity contribution in [2.45, 2.75) is 38.3 Å². The van der Waals surface area contributed by atoms with E-state index in [9.17, 15) is 14.4 Å². The number of imide groups is 1. The second kappa shape index (κ2) is 5.54. The number of carbonyl (C=O) groups is 3. The van der Waals surface area contributed by atoms with Gasteiger partial charge in [0.1, 0.15) is 5.54 Å². The predicted octanol–water partition coefficient (Wildman–Crippen LogP) is 1.88. The Hall–Kier alpha value is -1.92. The third-order valence-corrected chi connectivity index (χ3v) is 5.99. The average Bonchev–Trinajstić information content (AvgIpc) is 3.13. The molecule has 0 bridgehead atoms. The minimum absolute atomic E-state index is 0.177. The van der Waals surface area contributed by atoms with Gasteiger partial charge in [-0.05, 0) is 19.4 Å². The molecule has 25 heavy (non-hydrogen) atoms. The van der Waals surface area contributed by atoms with Gasteiger partial charge in [-0.3, -0.25) is 24.6 Å². The second-order valence-electron chi connectivity index (χ2n) is 7.04. The smallest absolute Gasteiger partial charge is 0.250 e. The van der Waals surface area contributed by atoms with Gasteiger partial charge in [0.15, 0.2) is 0 Å². The number of hydrogen-bond donors (Lipinski definition) is 2. The van der Waals surface area contributed by atoms with E-state index in [2.05, 4.69) is 10.6 Å². The zero-order chi connectivity index (χ0) is 17.9. The number of nitrogens with one attached hydrogen (secondary N) is 2. The van der Waals surface area contributed by atoms with E-state index < -0.39 is 17.4 Å². The van der Waals surface area contributed by atoms with Crippen molar-refractivity contribution < 1.29 is 14.4 Å². The molecule has 4 atom stereocenters. The quantitative estimate of drug-likeness (QED) is 0.806. The van der Waals surface area contributed by atoms with Crippen molar-refractivity contribution in [1.82, 2.24) is 10.2 Å². The fourth-order valence-electron chi connectivity index (χ4n) is 4.55. The summed E-state index contributed by atoms with van der Waals surface area (Å²) in [7, 11) is 0. The molecule has 1 aromatic carbocycles. The van der Waals surface area contributed by atoms with Crippen molar-refractivity contribution in [2.24, 2.45) is 11.8 Å². The highest BCUT2D eigenvalue weighted by Gasteiger charge is 2.69. The van der Waals surface area contributed by atoms with Crippen LogP contribution >= 0.6 is 11.6 Å². The average molecular weight is 362 g/mol. The van der Waals surface area contributed by atoms with Crippen LogP contribution in [0, 0.1) is 11.8 Å². The molecule has 3 aliphatic heterocycles. The maximum absolute atomic E-state index is 13.1. The number of anilines is 1. The van der Waals surface area contributed by atoms with E-state index in [0.717, 1.165) is 12.8 Å². The normalized spacial score (nSPS) is 33.2. The van der Waals surface area contributed by atoms with Crippen LogP contribution in [0.15, 0.2) is 18.2 Å². The van der Waals surface area contributed by atoms with Crippen LogP contribution in [0.2, 0.25) is 5.02 Å². The van der Waals surface area contributed by atoms with E-state index in [1.165, 1.54) is 4.90 Å². The molecule has 0 aromatic heterocycles. The van der Waals surface area contributed by atoms with Crippen LogP contribution < -0.4 is 10.6 Å². The van der Waals surface area contributed by atoms with Crippen LogP contribution in [0.3, 0.4) is 0 Å². The van der Waals surface area contributed by atoms with Crippen molar-refractivity contribution in [1.29, 1.82) is 0 Å². The maximum atomic E-state index is 13.1. The van der Waals surface area contributed by atoms with E-state index in [1.807, 2.05) is 13.8 Å². The van der Waals surface area contributed by atoms with Crippen LogP contribution in [0.4, 0.5) is 5.69 Å². The van der Waals surface area contributed by atoms with Crippen molar-refractivity contribution in [3.05, 3.63) is 28.8 Å². The van der Waals surface area contributed by atoms with E-state index in [1.54, 1.807) is 18.2 Å². The zero-order valence-electron chi connectivity index (χ0n) is 14.1. The fourth-order valence-corrected chi connectivity index (χ4v) is 4.77. The standard InChI is InChI=1S/C18H20ClN3O3/c1-3-4-8-22-15(23)12-9(2)21-18(13(12)16(22)24)10-6-5-7-11(19)14(10)20-17(18)25/h5-7,9,12-13,21H,3-4,8H2,1-2H3,(H,20,25)/t9?,12-,13+,18?/m1/s1. The van der Waals surface area contributed by atoms with Gasteiger partial charge < -0.3 is 5.32 Å². The number of amides is 3. The third kappa shape index (κ3) is 1.98. The largest absolute Gasteiger partial charge is 0.323 e. The monoisotopic (exact) mass is 361 g/mol. The number of fused-ring (bicyclic) bond motifs is 4. The lowest BCUT2D eigenvalue weighted by Crippen LogP contribution is -2.52. The summed E-state index contributed by atoms with van der Waals surface area (Å²) in [6, 6.07) is 4.99. The Morgan fingerprint density at radius 3 is 2.72 bits per heavy atom. The van der Waals surface area contributed by atoms with E-state index in [4.69, 9.17) is 11.6 Å². The Kier molecular flexibility index (Phi) is 3.67. The molecule has 3 heterocycles. The third-order valence-electron chi connectivity index (χ3n) is 5.67. The number of benzene rings is 1. The first-order valence-corrected chi connectivity index (χ1v) is 9.04. The van der Waals surface area contributed by atoms with Gasteiger partial charge in [-0.25, -0.2) is 0 Å². The Morgan fingerprint density at radius 1 is 1.24 bits per heavy atom. The molecular weight excluding hydrogens is 342 g/mol. The first kappa shape index (κ1) is 16.5. The van der Waals surface area contributed by atoms with Gasteiger partial charge in [0, 0.05) is 18.2 Å². The molecule has 7 heteroatoms. The number of hydrogen-bond acceptors (Lipinski definition) is 4. The topological polar surface area (TPSA) is 78.5 Å². The molecule has 2 fully saturated rings. The highest BCUT2D eigenvalue weighted by atomic mass is 35.5. The number of halogens is 1. The number of para-hydroxylation sites is 1. The van der Waals surface area contributed by atoms with Gasteiger partial charge in [-0.15, -0.1) is 0 Å². The highest BCUT2D eigenvalue weighted by Crippen LogP contribution is 2.53. The molecule has 3 aliphatic rings. The fraction of sp³-hybridized carbons (Fsp3) is 0.500. The number of rotatable bonds is 3. The summed E-state index contributed by atoms with van der Waals surface area (Å²) < 4.78 is 0. The van der Waals surface area contributed by atoms with Gasteiger partial charge in [0.05, 0.1) is 22.5 Å². The first-order chi connectivity index (χ1) is 11.9. The lowest BCUT2D eigenvalue weighted by Gasteiger charge is -2.29. The number of likely N-dealkylation sites (tertiary alicyclic amines) is 1. The van der Waals surface area contributed by atoms with Crippen LogP contribution in [0.5, 0.6) is 0 Å². The van der Waals surface area contributed by atoms with Gasteiger partial charge in [0.2, 0.25) is 17.7 Å². The predicted molar refractivity (Wildman–Crippen MR) is 93.0 cm³/mol.